The van der Waals surface area contributed by atoms with Crippen LogP contribution in [0.5, 0.6) is 5.75 Å². The highest BCUT2D eigenvalue weighted by Gasteiger charge is 2.43. The number of benzene rings is 1. The molecule has 5 nitrogen and oxygen atoms in total. The first-order valence-corrected chi connectivity index (χ1v) is 10.3. The van der Waals surface area contributed by atoms with E-state index in [0.29, 0.717) is 6.04 Å². The van der Waals surface area contributed by atoms with E-state index in [4.69, 9.17) is 4.74 Å². The van der Waals surface area contributed by atoms with Crippen LogP contribution >= 0.6 is 0 Å². The summed E-state index contributed by atoms with van der Waals surface area (Å²) in [4.78, 5) is 2.69. The normalized spacial score (nSPS) is 26.4. The number of likely N-dealkylation sites (tertiary alicyclic amines) is 1. The number of ether oxygens (including phenoxy) is 1. The second-order valence-corrected chi connectivity index (χ2v) is 8.28. The van der Waals surface area contributed by atoms with Crippen LogP contribution in [0.1, 0.15) is 50.2 Å². The standard InChI is InChI=1S/C22H32N4O/c1-22-10-14-25(21(22)7-4-3-5-11-23-22)16-18-8-9-20(27-2)19(15-18)17-26-13-6-12-24-26/h6,8-9,12-13,15,21,23H,3-5,7,10-11,14,16-17H2,1-2H3/t21-,22-/m0/s1. The fourth-order valence-electron chi connectivity index (χ4n) is 4.87. The van der Waals surface area contributed by atoms with Gasteiger partial charge in [0.2, 0.25) is 0 Å². The van der Waals surface area contributed by atoms with E-state index < -0.39 is 0 Å². The molecule has 4 rings (SSSR count). The smallest absolute Gasteiger partial charge is 0.123 e. The molecule has 146 valence electrons. The maximum atomic E-state index is 5.59. The maximum absolute atomic E-state index is 5.59. The van der Waals surface area contributed by atoms with Crippen molar-refractivity contribution < 1.29 is 4.74 Å². The van der Waals surface area contributed by atoms with Gasteiger partial charge < -0.3 is 10.1 Å². The summed E-state index contributed by atoms with van der Waals surface area (Å²) in [6, 6.07) is 9.22. The number of fused-ring (bicyclic) bond motifs is 1. The number of aromatic nitrogens is 2. The Morgan fingerprint density at radius 1 is 1.26 bits per heavy atom. The molecular weight excluding hydrogens is 336 g/mol. The lowest BCUT2D eigenvalue weighted by molar-refractivity contribution is 0.162. The third-order valence-corrected chi connectivity index (χ3v) is 6.40. The first-order valence-electron chi connectivity index (χ1n) is 10.3. The molecular formula is C22H32N4O. The lowest BCUT2D eigenvalue weighted by Crippen LogP contribution is -2.53. The van der Waals surface area contributed by atoms with Crippen molar-refractivity contribution in [2.24, 2.45) is 0 Å². The fourth-order valence-corrected chi connectivity index (χ4v) is 4.87. The Balaban J connectivity index is 1.52. The zero-order valence-corrected chi connectivity index (χ0v) is 16.7. The summed E-state index contributed by atoms with van der Waals surface area (Å²) < 4.78 is 7.54. The summed E-state index contributed by atoms with van der Waals surface area (Å²) in [7, 11) is 1.74. The number of nitrogens with one attached hydrogen (secondary N) is 1. The molecule has 0 unspecified atom stereocenters. The Morgan fingerprint density at radius 2 is 2.19 bits per heavy atom. The van der Waals surface area contributed by atoms with Crippen LogP contribution in [0, 0.1) is 0 Å². The second-order valence-electron chi connectivity index (χ2n) is 8.28. The number of rotatable bonds is 5. The Labute approximate surface area is 162 Å². The van der Waals surface area contributed by atoms with Gasteiger partial charge >= 0.3 is 0 Å². The predicted octanol–water partition coefficient (Wildman–Crippen LogP) is 3.44. The van der Waals surface area contributed by atoms with Crippen molar-refractivity contribution in [1.82, 2.24) is 20.0 Å². The van der Waals surface area contributed by atoms with E-state index in [1.54, 1.807) is 7.11 Å². The van der Waals surface area contributed by atoms with Crippen LogP contribution in [0.15, 0.2) is 36.7 Å². The van der Waals surface area contributed by atoms with Crippen molar-refractivity contribution in [3.05, 3.63) is 47.8 Å². The molecule has 2 aliphatic heterocycles. The summed E-state index contributed by atoms with van der Waals surface area (Å²) in [5.41, 5.74) is 2.82. The molecule has 2 aliphatic rings. The van der Waals surface area contributed by atoms with Gasteiger partial charge in [-0.1, -0.05) is 18.9 Å². The SMILES string of the molecule is COc1ccc(CN2CC[C@]3(C)NCCCCC[C@H]23)cc1Cn1cccn1. The minimum atomic E-state index is 0.269. The van der Waals surface area contributed by atoms with Crippen LogP contribution in [0.2, 0.25) is 0 Å². The topological polar surface area (TPSA) is 42.3 Å². The molecule has 27 heavy (non-hydrogen) atoms. The first-order chi connectivity index (χ1) is 13.2. The van der Waals surface area contributed by atoms with Gasteiger partial charge in [0.15, 0.2) is 0 Å². The molecule has 3 heterocycles. The number of nitrogens with zero attached hydrogens (tertiary/aromatic N) is 3. The molecule has 0 aliphatic carbocycles. The lowest BCUT2D eigenvalue weighted by Gasteiger charge is -2.38. The number of methoxy groups -OCH3 is 1. The van der Waals surface area contributed by atoms with Gasteiger partial charge in [-0.2, -0.15) is 5.10 Å². The molecule has 1 aromatic carbocycles. The van der Waals surface area contributed by atoms with Gasteiger partial charge in [-0.25, -0.2) is 0 Å². The van der Waals surface area contributed by atoms with E-state index in [9.17, 15) is 0 Å². The van der Waals surface area contributed by atoms with E-state index in [1.165, 1.54) is 49.8 Å². The predicted molar refractivity (Wildman–Crippen MR) is 108 cm³/mol. The molecule has 1 aromatic heterocycles. The highest BCUT2D eigenvalue weighted by atomic mass is 16.5. The number of hydrogen-bond acceptors (Lipinski definition) is 4. The Kier molecular flexibility index (Phi) is 5.50. The Bertz CT molecular complexity index is 745. The van der Waals surface area contributed by atoms with Crippen molar-refractivity contribution in [1.29, 1.82) is 0 Å². The van der Waals surface area contributed by atoms with Crippen molar-refractivity contribution in [3.8, 4) is 5.75 Å². The van der Waals surface area contributed by atoms with Gasteiger partial charge in [0, 0.05) is 42.6 Å². The minimum Gasteiger partial charge on any atom is -0.496 e. The average molecular weight is 369 g/mol. The molecule has 5 heteroatoms. The fraction of sp³-hybridized carbons (Fsp3) is 0.591. The molecule has 0 saturated carbocycles. The van der Waals surface area contributed by atoms with Crippen molar-refractivity contribution in [2.45, 2.75) is 63.7 Å². The zero-order chi connectivity index (χ0) is 18.7. The van der Waals surface area contributed by atoms with Crippen LogP contribution in [0.4, 0.5) is 0 Å². The average Bonchev–Trinajstić information content (AvgIpc) is 3.26. The van der Waals surface area contributed by atoms with Gasteiger partial charge in [-0.05, 0) is 56.5 Å². The van der Waals surface area contributed by atoms with E-state index in [1.807, 2.05) is 23.1 Å². The highest BCUT2D eigenvalue weighted by molar-refractivity contribution is 5.37. The first kappa shape index (κ1) is 18.5. The van der Waals surface area contributed by atoms with Crippen molar-refractivity contribution in [2.75, 3.05) is 20.2 Å². The molecule has 2 aromatic rings. The lowest BCUT2D eigenvalue weighted by atomic mass is 9.87. The van der Waals surface area contributed by atoms with Gasteiger partial charge in [0.25, 0.3) is 0 Å². The monoisotopic (exact) mass is 368 g/mol. The van der Waals surface area contributed by atoms with Crippen molar-refractivity contribution >= 4 is 0 Å². The summed E-state index contributed by atoms with van der Waals surface area (Å²) in [5.74, 6) is 0.938. The Hall–Kier alpha value is -1.85. The van der Waals surface area contributed by atoms with E-state index in [0.717, 1.165) is 25.4 Å². The molecule has 2 saturated heterocycles. The summed E-state index contributed by atoms with van der Waals surface area (Å²) >= 11 is 0. The van der Waals surface area contributed by atoms with E-state index >= 15 is 0 Å². The molecule has 0 spiro atoms. The minimum absolute atomic E-state index is 0.269. The van der Waals surface area contributed by atoms with Gasteiger partial charge in [0.05, 0.1) is 13.7 Å². The quantitative estimate of drug-likeness (QED) is 0.878. The van der Waals surface area contributed by atoms with Crippen LogP contribution in [0.25, 0.3) is 0 Å². The zero-order valence-electron chi connectivity index (χ0n) is 16.7. The third-order valence-electron chi connectivity index (χ3n) is 6.40. The van der Waals surface area contributed by atoms with E-state index in [-0.39, 0.29) is 5.54 Å². The molecule has 2 fully saturated rings. The summed E-state index contributed by atoms with van der Waals surface area (Å²) in [5, 5.41) is 8.21. The van der Waals surface area contributed by atoms with Crippen molar-refractivity contribution in [3.63, 3.8) is 0 Å². The van der Waals surface area contributed by atoms with Gasteiger partial charge in [0.1, 0.15) is 5.75 Å². The maximum Gasteiger partial charge on any atom is 0.123 e. The van der Waals surface area contributed by atoms with Crippen LogP contribution < -0.4 is 10.1 Å². The molecule has 2 atom stereocenters. The van der Waals surface area contributed by atoms with Gasteiger partial charge in [-0.15, -0.1) is 0 Å². The Morgan fingerprint density at radius 3 is 3.00 bits per heavy atom. The molecule has 0 amide bonds. The van der Waals surface area contributed by atoms with Crippen LogP contribution in [-0.4, -0.2) is 46.5 Å². The highest BCUT2D eigenvalue weighted by Crippen LogP contribution is 2.34. The summed E-state index contributed by atoms with van der Waals surface area (Å²) in [6.45, 7) is 6.52. The van der Waals surface area contributed by atoms with E-state index in [2.05, 4.69) is 40.4 Å². The molecule has 0 bridgehead atoms. The van der Waals surface area contributed by atoms with Crippen LogP contribution in [0.3, 0.4) is 0 Å². The van der Waals surface area contributed by atoms with Gasteiger partial charge in [-0.3, -0.25) is 9.58 Å². The second kappa shape index (κ2) is 8.03. The number of hydrogen-bond donors (Lipinski definition) is 1. The van der Waals surface area contributed by atoms with Crippen LogP contribution in [-0.2, 0) is 13.1 Å². The molecule has 1 N–H and O–H groups in total. The summed E-state index contributed by atoms with van der Waals surface area (Å²) in [6.07, 6.45) is 10.4. The molecule has 0 radical (unpaired) electrons. The largest absolute Gasteiger partial charge is 0.496 e. The third kappa shape index (κ3) is 4.04.